The van der Waals surface area contributed by atoms with Gasteiger partial charge in [-0.25, -0.2) is 0 Å². The first-order chi connectivity index (χ1) is 12.1. The Kier molecular flexibility index (Phi) is 8.58. The number of benzene rings is 2. The number of ether oxygens (including phenoxy) is 3. The number of rotatable bonds is 8. The van der Waals surface area contributed by atoms with Gasteiger partial charge in [-0.15, -0.1) is 12.4 Å². The fraction of sp³-hybridized carbons (Fsp3) is 0.316. The zero-order chi connectivity index (χ0) is 18.2. The lowest BCUT2D eigenvalue weighted by Gasteiger charge is -2.14. The van der Waals surface area contributed by atoms with Crippen LogP contribution < -0.4 is 25.3 Å². The maximum absolute atomic E-state index is 12.5. The van der Waals surface area contributed by atoms with Crippen LogP contribution in [0.2, 0.25) is 0 Å². The molecule has 0 spiro atoms. The molecular formula is C19H25ClN2O4. The molecule has 0 unspecified atom stereocenters. The van der Waals surface area contributed by atoms with Gasteiger partial charge in [0, 0.05) is 11.6 Å². The maximum Gasteiger partial charge on any atom is 0.255 e. The number of methoxy groups -OCH3 is 1. The molecular weight excluding hydrogens is 356 g/mol. The van der Waals surface area contributed by atoms with E-state index in [0.29, 0.717) is 47.4 Å². The summed E-state index contributed by atoms with van der Waals surface area (Å²) in [5.74, 6) is 1.49. The minimum Gasteiger partial charge on any atom is -0.497 e. The van der Waals surface area contributed by atoms with Crippen molar-refractivity contribution in [3.05, 3.63) is 42.0 Å². The largest absolute Gasteiger partial charge is 0.497 e. The van der Waals surface area contributed by atoms with Gasteiger partial charge in [0.1, 0.15) is 5.75 Å². The van der Waals surface area contributed by atoms with Crippen molar-refractivity contribution in [3.63, 3.8) is 0 Å². The molecule has 142 valence electrons. The summed E-state index contributed by atoms with van der Waals surface area (Å²) in [6, 6.07) is 10.2. The summed E-state index contributed by atoms with van der Waals surface area (Å²) in [6.07, 6.45) is 0.892. The third kappa shape index (κ3) is 5.46. The van der Waals surface area contributed by atoms with E-state index in [1.54, 1.807) is 43.5 Å². The second-order valence-electron chi connectivity index (χ2n) is 5.35. The number of nitrogens with two attached hydrogens (primary N) is 1. The zero-order valence-electron chi connectivity index (χ0n) is 15.2. The molecule has 2 rings (SSSR count). The van der Waals surface area contributed by atoms with Crippen LogP contribution in [0.4, 0.5) is 11.4 Å². The average Bonchev–Trinajstić information content (AvgIpc) is 2.62. The molecule has 0 aliphatic heterocycles. The molecule has 0 saturated heterocycles. The van der Waals surface area contributed by atoms with Crippen LogP contribution in [0.1, 0.15) is 30.6 Å². The standard InChI is InChI=1S/C19H24N2O4.ClH/c1-4-10-25-17-9-6-13(11-18(17)24-5-2)19(22)21-16-12-14(23-3)7-8-15(16)20;/h6-9,11-12H,4-5,10,20H2,1-3H3,(H,21,22);1H. The first-order valence-corrected chi connectivity index (χ1v) is 8.23. The Balaban J connectivity index is 0.00000338. The molecule has 0 aliphatic rings. The van der Waals surface area contributed by atoms with E-state index >= 15 is 0 Å². The zero-order valence-corrected chi connectivity index (χ0v) is 16.0. The van der Waals surface area contributed by atoms with Crippen molar-refractivity contribution in [1.82, 2.24) is 0 Å². The van der Waals surface area contributed by atoms with Crippen molar-refractivity contribution in [3.8, 4) is 17.2 Å². The normalized spacial score (nSPS) is 9.81. The van der Waals surface area contributed by atoms with Gasteiger partial charge in [0.05, 0.1) is 31.7 Å². The van der Waals surface area contributed by atoms with Crippen LogP contribution in [-0.2, 0) is 0 Å². The summed E-state index contributed by atoms with van der Waals surface area (Å²) < 4.78 is 16.4. The van der Waals surface area contributed by atoms with Crippen molar-refractivity contribution in [2.45, 2.75) is 20.3 Å². The van der Waals surface area contributed by atoms with Crippen LogP contribution in [0.5, 0.6) is 17.2 Å². The third-order valence-electron chi connectivity index (χ3n) is 3.48. The Morgan fingerprint density at radius 3 is 2.50 bits per heavy atom. The smallest absolute Gasteiger partial charge is 0.255 e. The van der Waals surface area contributed by atoms with E-state index in [2.05, 4.69) is 5.32 Å². The van der Waals surface area contributed by atoms with Gasteiger partial charge >= 0.3 is 0 Å². The first-order valence-electron chi connectivity index (χ1n) is 8.23. The van der Waals surface area contributed by atoms with Gasteiger partial charge in [-0.3, -0.25) is 4.79 Å². The van der Waals surface area contributed by atoms with Gasteiger partial charge in [0.25, 0.3) is 5.91 Å². The molecule has 0 aromatic heterocycles. The molecule has 0 atom stereocenters. The summed E-state index contributed by atoms with van der Waals surface area (Å²) in [7, 11) is 1.56. The second kappa shape index (κ2) is 10.4. The minimum absolute atomic E-state index is 0. The molecule has 1 amide bonds. The molecule has 3 N–H and O–H groups in total. The molecule has 0 heterocycles. The van der Waals surface area contributed by atoms with E-state index in [9.17, 15) is 4.79 Å². The highest BCUT2D eigenvalue weighted by atomic mass is 35.5. The lowest BCUT2D eigenvalue weighted by Crippen LogP contribution is -2.14. The van der Waals surface area contributed by atoms with Gasteiger partial charge in [0.2, 0.25) is 0 Å². The third-order valence-corrected chi connectivity index (χ3v) is 3.48. The number of carbonyl (C=O) groups excluding carboxylic acids is 1. The van der Waals surface area contributed by atoms with E-state index in [0.717, 1.165) is 6.42 Å². The first kappa shape index (κ1) is 21.4. The Labute approximate surface area is 160 Å². The highest BCUT2D eigenvalue weighted by Gasteiger charge is 2.13. The van der Waals surface area contributed by atoms with Gasteiger partial charge in [-0.1, -0.05) is 6.92 Å². The summed E-state index contributed by atoms with van der Waals surface area (Å²) in [4.78, 5) is 12.5. The Hall–Kier alpha value is -2.60. The lowest BCUT2D eigenvalue weighted by molar-refractivity contribution is 0.102. The molecule has 0 fully saturated rings. The molecule has 6 nitrogen and oxygen atoms in total. The number of hydrogen-bond donors (Lipinski definition) is 2. The van der Waals surface area contributed by atoms with E-state index in [4.69, 9.17) is 19.9 Å². The van der Waals surface area contributed by atoms with Crippen molar-refractivity contribution >= 4 is 29.7 Å². The topological polar surface area (TPSA) is 82.8 Å². The molecule has 2 aromatic rings. The average molecular weight is 381 g/mol. The quantitative estimate of drug-likeness (QED) is 0.672. The SMILES string of the molecule is CCCOc1ccc(C(=O)Nc2cc(OC)ccc2N)cc1OCC.Cl. The van der Waals surface area contributed by atoms with Crippen LogP contribution in [0.25, 0.3) is 0 Å². The predicted molar refractivity (Wildman–Crippen MR) is 106 cm³/mol. The molecule has 0 radical (unpaired) electrons. The molecule has 0 aliphatic carbocycles. The van der Waals surface area contributed by atoms with Crippen molar-refractivity contribution in [2.75, 3.05) is 31.4 Å². The highest BCUT2D eigenvalue weighted by Crippen LogP contribution is 2.30. The van der Waals surface area contributed by atoms with Crippen LogP contribution in [0, 0.1) is 0 Å². The number of nitrogen functional groups attached to an aromatic ring is 1. The van der Waals surface area contributed by atoms with Crippen LogP contribution in [0.3, 0.4) is 0 Å². The van der Waals surface area contributed by atoms with Crippen LogP contribution >= 0.6 is 12.4 Å². The second-order valence-corrected chi connectivity index (χ2v) is 5.35. The molecule has 26 heavy (non-hydrogen) atoms. The monoisotopic (exact) mass is 380 g/mol. The van der Waals surface area contributed by atoms with E-state index in [-0.39, 0.29) is 18.3 Å². The van der Waals surface area contributed by atoms with Crippen molar-refractivity contribution < 1.29 is 19.0 Å². The lowest BCUT2D eigenvalue weighted by atomic mass is 10.1. The van der Waals surface area contributed by atoms with Gasteiger partial charge < -0.3 is 25.3 Å². The summed E-state index contributed by atoms with van der Waals surface area (Å²) >= 11 is 0. The highest BCUT2D eigenvalue weighted by molar-refractivity contribution is 6.06. The van der Waals surface area contributed by atoms with E-state index < -0.39 is 0 Å². The fourth-order valence-electron chi connectivity index (χ4n) is 2.21. The Bertz CT molecular complexity index is 737. The molecule has 0 bridgehead atoms. The fourth-order valence-corrected chi connectivity index (χ4v) is 2.21. The number of amides is 1. The van der Waals surface area contributed by atoms with Gasteiger partial charge in [-0.05, 0) is 43.7 Å². The van der Waals surface area contributed by atoms with E-state index in [1.165, 1.54) is 0 Å². The Morgan fingerprint density at radius 2 is 1.85 bits per heavy atom. The maximum atomic E-state index is 12.5. The number of anilines is 2. The summed E-state index contributed by atoms with van der Waals surface area (Å²) in [5.41, 5.74) is 7.32. The molecule has 7 heteroatoms. The Morgan fingerprint density at radius 1 is 1.08 bits per heavy atom. The van der Waals surface area contributed by atoms with Gasteiger partial charge in [0.15, 0.2) is 11.5 Å². The summed E-state index contributed by atoms with van der Waals surface area (Å²) in [6.45, 7) is 4.98. The number of nitrogens with one attached hydrogen (secondary N) is 1. The van der Waals surface area contributed by atoms with Crippen molar-refractivity contribution in [2.24, 2.45) is 0 Å². The van der Waals surface area contributed by atoms with E-state index in [1.807, 2.05) is 13.8 Å². The summed E-state index contributed by atoms with van der Waals surface area (Å²) in [5, 5.41) is 2.79. The number of hydrogen-bond acceptors (Lipinski definition) is 5. The molecule has 2 aromatic carbocycles. The molecule has 0 saturated carbocycles. The number of halogens is 1. The number of carbonyl (C=O) groups is 1. The minimum atomic E-state index is -0.289. The predicted octanol–water partition coefficient (Wildman–Crippen LogP) is 4.14. The van der Waals surface area contributed by atoms with Crippen LogP contribution in [-0.4, -0.2) is 26.2 Å². The van der Waals surface area contributed by atoms with Gasteiger partial charge in [-0.2, -0.15) is 0 Å². The van der Waals surface area contributed by atoms with Crippen molar-refractivity contribution in [1.29, 1.82) is 0 Å². The van der Waals surface area contributed by atoms with Crippen LogP contribution in [0.15, 0.2) is 36.4 Å².